The molecule has 0 radical (unpaired) electrons. The predicted octanol–water partition coefficient (Wildman–Crippen LogP) is 4.64. The minimum atomic E-state index is -0.420. The van der Waals surface area contributed by atoms with Gasteiger partial charge in [0.2, 0.25) is 0 Å². The highest BCUT2D eigenvalue weighted by Gasteiger charge is 2.15. The maximum atomic E-state index is 13.1. The molecule has 0 aliphatic carbocycles. The largest absolute Gasteiger partial charge is 0.493 e. The molecule has 2 aromatic carbocycles. The Labute approximate surface area is 217 Å². The molecular weight excluding hydrogens is 497 g/mol. The number of aromatic nitrogens is 1. The summed E-state index contributed by atoms with van der Waals surface area (Å²) in [7, 11) is 3.03. The molecule has 0 atom stereocenters. The lowest BCUT2D eigenvalue weighted by molar-refractivity contribution is 0.0920. The Morgan fingerprint density at radius 1 is 1.03 bits per heavy atom. The minimum Gasteiger partial charge on any atom is -0.493 e. The Morgan fingerprint density at radius 3 is 2.46 bits per heavy atom. The van der Waals surface area contributed by atoms with E-state index in [9.17, 15) is 14.0 Å². The first-order chi connectivity index (χ1) is 17.8. The summed E-state index contributed by atoms with van der Waals surface area (Å²) in [6.45, 7) is 4.42. The van der Waals surface area contributed by atoms with Crippen LogP contribution in [0.25, 0.3) is 0 Å². The van der Waals surface area contributed by atoms with Gasteiger partial charge in [0.1, 0.15) is 11.6 Å². The number of carbonyl (C=O) groups is 2. The Kier molecular flexibility index (Phi) is 7.88. The summed E-state index contributed by atoms with van der Waals surface area (Å²) < 4.78 is 31.2. The molecule has 0 fully saturated rings. The van der Waals surface area contributed by atoms with Crippen LogP contribution in [0.5, 0.6) is 11.5 Å². The van der Waals surface area contributed by atoms with Crippen molar-refractivity contribution in [2.45, 2.75) is 26.9 Å². The van der Waals surface area contributed by atoms with Gasteiger partial charge in [-0.1, -0.05) is 12.1 Å². The molecule has 2 heterocycles. The molecule has 1 N–H and O–H groups in total. The SMILES string of the molecule is COc1ccc(C(=O)N=c2sc(C)c(C)n2Cc2ccc(C(=O)NCc3ccc(F)cc3)o2)cc1OC. The third-order valence-corrected chi connectivity index (χ3v) is 6.88. The summed E-state index contributed by atoms with van der Waals surface area (Å²) in [5.74, 6) is 0.514. The molecule has 4 rings (SSSR count). The first kappa shape index (κ1) is 25.9. The summed E-state index contributed by atoms with van der Waals surface area (Å²) in [4.78, 5) is 31.3. The molecule has 2 aromatic heterocycles. The second kappa shape index (κ2) is 11.3. The molecule has 10 heteroatoms. The highest BCUT2D eigenvalue weighted by Crippen LogP contribution is 2.27. The van der Waals surface area contributed by atoms with Crippen LogP contribution in [0.4, 0.5) is 4.39 Å². The maximum Gasteiger partial charge on any atom is 0.287 e. The second-order valence-corrected chi connectivity index (χ2v) is 9.36. The second-order valence-electron chi connectivity index (χ2n) is 8.17. The van der Waals surface area contributed by atoms with E-state index in [1.807, 2.05) is 18.4 Å². The van der Waals surface area contributed by atoms with Gasteiger partial charge < -0.3 is 23.8 Å². The molecule has 192 valence electrons. The van der Waals surface area contributed by atoms with Gasteiger partial charge in [-0.25, -0.2) is 4.39 Å². The number of halogens is 1. The lowest BCUT2D eigenvalue weighted by Gasteiger charge is -2.08. The zero-order chi connectivity index (χ0) is 26.5. The van der Waals surface area contributed by atoms with Crippen LogP contribution in [0.1, 0.15) is 42.8 Å². The van der Waals surface area contributed by atoms with Gasteiger partial charge in [0.15, 0.2) is 22.1 Å². The van der Waals surface area contributed by atoms with Crippen LogP contribution in [0, 0.1) is 19.7 Å². The number of furan rings is 1. The van der Waals surface area contributed by atoms with E-state index in [1.165, 1.54) is 37.7 Å². The van der Waals surface area contributed by atoms with E-state index < -0.39 is 5.91 Å². The van der Waals surface area contributed by atoms with Crippen molar-refractivity contribution < 1.29 is 27.9 Å². The van der Waals surface area contributed by atoms with Crippen molar-refractivity contribution in [1.82, 2.24) is 9.88 Å². The van der Waals surface area contributed by atoms with Gasteiger partial charge in [-0.3, -0.25) is 9.59 Å². The van der Waals surface area contributed by atoms with Gasteiger partial charge in [0, 0.05) is 22.7 Å². The van der Waals surface area contributed by atoms with Gasteiger partial charge >= 0.3 is 0 Å². The molecule has 0 aliphatic rings. The quantitative estimate of drug-likeness (QED) is 0.363. The van der Waals surface area contributed by atoms with Crippen molar-refractivity contribution in [1.29, 1.82) is 0 Å². The molecule has 0 bridgehead atoms. The smallest absolute Gasteiger partial charge is 0.287 e. The first-order valence-corrected chi connectivity index (χ1v) is 12.2. The van der Waals surface area contributed by atoms with Crippen molar-refractivity contribution in [3.63, 3.8) is 0 Å². The van der Waals surface area contributed by atoms with Crippen molar-refractivity contribution in [3.8, 4) is 11.5 Å². The predicted molar refractivity (Wildman–Crippen MR) is 137 cm³/mol. The first-order valence-electron chi connectivity index (χ1n) is 11.4. The summed E-state index contributed by atoms with van der Waals surface area (Å²) in [6.07, 6.45) is 0. The van der Waals surface area contributed by atoms with Crippen molar-refractivity contribution >= 4 is 23.2 Å². The normalized spacial score (nSPS) is 11.4. The lowest BCUT2D eigenvalue weighted by Crippen LogP contribution is -2.22. The molecule has 8 nitrogen and oxygen atoms in total. The molecule has 2 amide bonds. The molecule has 0 saturated carbocycles. The van der Waals surface area contributed by atoms with E-state index in [2.05, 4.69) is 10.3 Å². The van der Waals surface area contributed by atoms with Crippen LogP contribution >= 0.6 is 11.3 Å². The van der Waals surface area contributed by atoms with E-state index in [4.69, 9.17) is 13.9 Å². The molecule has 0 aliphatic heterocycles. The number of amides is 2. The number of nitrogens with one attached hydrogen (secondary N) is 1. The third-order valence-electron chi connectivity index (χ3n) is 5.78. The fourth-order valence-corrected chi connectivity index (χ4v) is 4.57. The van der Waals surface area contributed by atoms with E-state index in [0.717, 1.165) is 16.1 Å². The topological polar surface area (TPSA) is 95.1 Å². The summed E-state index contributed by atoms with van der Waals surface area (Å²) in [5.41, 5.74) is 2.07. The number of carbonyl (C=O) groups excluding carboxylic acids is 2. The van der Waals surface area contributed by atoms with E-state index in [1.54, 1.807) is 42.5 Å². The molecular formula is C27H26FN3O5S. The summed E-state index contributed by atoms with van der Waals surface area (Å²) in [6, 6.07) is 14.1. The zero-order valence-electron chi connectivity index (χ0n) is 20.8. The van der Waals surface area contributed by atoms with Gasteiger partial charge in [-0.15, -0.1) is 11.3 Å². The minimum absolute atomic E-state index is 0.155. The summed E-state index contributed by atoms with van der Waals surface area (Å²) in [5, 5.41) is 2.76. The summed E-state index contributed by atoms with van der Waals surface area (Å²) >= 11 is 1.39. The van der Waals surface area contributed by atoms with Crippen LogP contribution < -0.4 is 19.6 Å². The van der Waals surface area contributed by atoms with Crippen molar-refractivity contribution in [2.75, 3.05) is 14.2 Å². The average molecular weight is 524 g/mol. The Hall–Kier alpha value is -4.18. The number of nitrogens with zero attached hydrogens (tertiary/aromatic N) is 2. The third kappa shape index (κ3) is 5.97. The molecule has 37 heavy (non-hydrogen) atoms. The van der Waals surface area contributed by atoms with Crippen LogP contribution in [-0.2, 0) is 13.1 Å². The van der Waals surface area contributed by atoms with Gasteiger partial charge in [0.25, 0.3) is 11.8 Å². The number of methoxy groups -OCH3 is 2. The van der Waals surface area contributed by atoms with Gasteiger partial charge in [-0.2, -0.15) is 4.99 Å². The van der Waals surface area contributed by atoms with E-state index in [-0.39, 0.29) is 24.0 Å². The number of thiazole rings is 1. The standard InChI is InChI=1S/C27H26FN3O5S/c1-16-17(2)37-27(30-25(32)19-7-11-22(34-3)24(13-19)35-4)31(16)15-21-10-12-23(36-21)26(33)29-14-18-5-8-20(28)9-6-18/h5-13H,14-15H2,1-4H3,(H,29,33). The monoisotopic (exact) mass is 523 g/mol. The molecule has 0 saturated heterocycles. The van der Waals surface area contributed by atoms with Crippen LogP contribution in [0.3, 0.4) is 0 Å². The van der Waals surface area contributed by atoms with Gasteiger partial charge in [0.05, 0.1) is 20.8 Å². The maximum absolute atomic E-state index is 13.1. The fourth-order valence-electron chi connectivity index (χ4n) is 3.60. The van der Waals surface area contributed by atoms with Crippen molar-refractivity contribution in [2.24, 2.45) is 4.99 Å². The van der Waals surface area contributed by atoms with Crippen molar-refractivity contribution in [3.05, 3.63) is 98.4 Å². The number of aryl methyl sites for hydroxylation is 1. The average Bonchev–Trinajstić information content (AvgIpc) is 3.48. The van der Waals surface area contributed by atoms with Crippen LogP contribution in [0.15, 0.2) is 64.0 Å². The Bertz CT molecular complexity index is 1500. The van der Waals surface area contributed by atoms with Gasteiger partial charge in [-0.05, 0) is 61.9 Å². The molecule has 0 spiro atoms. The Morgan fingerprint density at radius 2 is 1.76 bits per heavy atom. The molecule has 0 unspecified atom stereocenters. The zero-order valence-corrected chi connectivity index (χ0v) is 21.6. The fraction of sp³-hybridized carbons (Fsp3) is 0.222. The highest BCUT2D eigenvalue weighted by atomic mass is 32.1. The lowest BCUT2D eigenvalue weighted by atomic mass is 10.2. The number of ether oxygens (including phenoxy) is 2. The number of benzene rings is 2. The van der Waals surface area contributed by atoms with Crippen LogP contribution in [-0.4, -0.2) is 30.6 Å². The van der Waals surface area contributed by atoms with E-state index >= 15 is 0 Å². The Balaban J connectivity index is 1.52. The van der Waals surface area contributed by atoms with Crippen LogP contribution in [0.2, 0.25) is 0 Å². The number of hydrogen-bond donors (Lipinski definition) is 1. The highest BCUT2D eigenvalue weighted by molar-refractivity contribution is 7.09. The number of rotatable bonds is 8. The number of hydrogen-bond acceptors (Lipinski definition) is 6. The molecule has 4 aromatic rings. The van der Waals surface area contributed by atoms with E-state index in [0.29, 0.717) is 34.2 Å².